The largest absolute Gasteiger partial charge is 0.432 e. The van der Waals surface area contributed by atoms with Crippen molar-refractivity contribution in [1.29, 1.82) is 0 Å². The first-order valence-electron chi connectivity index (χ1n) is 3.43. The number of halogens is 3. The van der Waals surface area contributed by atoms with Crippen LogP contribution in [0.25, 0.3) is 0 Å². The molecule has 0 saturated heterocycles. The van der Waals surface area contributed by atoms with E-state index < -0.39 is 24.0 Å². The lowest BCUT2D eigenvalue weighted by Gasteiger charge is -2.02. The van der Waals surface area contributed by atoms with E-state index in [4.69, 9.17) is 5.11 Å². The number of nitrogens with zero attached hydrogens (tertiary/aromatic N) is 1. The van der Waals surface area contributed by atoms with Gasteiger partial charge in [0.2, 0.25) is 0 Å². The molecule has 0 spiro atoms. The van der Waals surface area contributed by atoms with Crippen molar-refractivity contribution in [1.82, 2.24) is 9.78 Å². The van der Waals surface area contributed by atoms with Crippen molar-refractivity contribution in [2.45, 2.75) is 12.7 Å². The Kier molecular flexibility index (Phi) is 2.46. The zero-order valence-electron chi connectivity index (χ0n) is 6.43. The Bertz CT molecular complexity index is 338. The summed E-state index contributed by atoms with van der Waals surface area (Å²) in [5.41, 5.74) is -1.91. The van der Waals surface area contributed by atoms with Gasteiger partial charge in [0, 0.05) is 6.07 Å². The minimum Gasteiger partial charge on any atom is -0.394 e. The van der Waals surface area contributed by atoms with E-state index in [0.717, 1.165) is 0 Å². The summed E-state index contributed by atoms with van der Waals surface area (Å²) in [7, 11) is 0. The fourth-order valence-corrected chi connectivity index (χ4v) is 0.845. The molecule has 1 aromatic heterocycles. The fraction of sp³-hybridized carbons (Fsp3) is 0.500. The average molecular weight is 196 g/mol. The molecule has 0 aliphatic carbocycles. The van der Waals surface area contributed by atoms with E-state index in [1.54, 1.807) is 0 Å². The van der Waals surface area contributed by atoms with Crippen molar-refractivity contribution in [3.63, 3.8) is 0 Å². The molecule has 1 heterocycles. The van der Waals surface area contributed by atoms with E-state index in [-0.39, 0.29) is 6.54 Å². The second-order valence-electron chi connectivity index (χ2n) is 2.38. The van der Waals surface area contributed by atoms with Crippen LogP contribution in [0.15, 0.2) is 10.9 Å². The van der Waals surface area contributed by atoms with Gasteiger partial charge in [-0.15, -0.1) is 0 Å². The van der Waals surface area contributed by atoms with E-state index in [1.165, 1.54) is 0 Å². The van der Waals surface area contributed by atoms with E-state index in [9.17, 15) is 18.0 Å². The highest BCUT2D eigenvalue weighted by atomic mass is 19.4. The summed E-state index contributed by atoms with van der Waals surface area (Å²) in [4.78, 5) is 10.8. The second kappa shape index (κ2) is 3.25. The minimum absolute atomic E-state index is 0.172. The average Bonchev–Trinajstić information content (AvgIpc) is 2.32. The van der Waals surface area contributed by atoms with Gasteiger partial charge in [-0.3, -0.25) is 14.6 Å². The van der Waals surface area contributed by atoms with Gasteiger partial charge in [0.1, 0.15) is 5.69 Å². The quantitative estimate of drug-likeness (QED) is 0.709. The van der Waals surface area contributed by atoms with Crippen LogP contribution in [0.2, 0.25) is 0 Å². The molecule has 0 amide bonds. The summed E-state index contributed by atoms with van der Waals surface area (Å²) in [5, 5.41) is 10.2. The zero-order valence-corrected chi connectivity index (χ0v) is 6.43. The maximum atomic E-state index is 12.0. The highest BCUT2D eigenvalue weighted by molar-refractivity contribution is 5.03. The van der Waals surface area contributed by atoms with Crippen molar-refractivity contribution in [2.75, 3.05) is 6.61 Å². The number of aromatic nitrogens is 2. The van der Waals surface area contributed by atoms with Crippen molar-refractivity contribution < 1.29 is 18.3 Å². The Morgan fingerprint density at radius 1 is 1.54 bits per heavy atom. The summed E-state index contributed by atoms with van der Waals surface area (Å²) in [6.45, 7) is -0.563. The predicted molar refractivity (Wildman–Crippen MR) is 37.1 cm³/mol. The molecule has 13 heavy (non-hydrogen) atoms. The Balaban J connectivity index is 3.02. The van der Waals surface area contributed by atoms with Crippen molar-refractivity contribution in [2.24, 2.45) is 0 Å². The fourth-order valence-electron chi connectivity index (χ4n) is 0.845. The molecule has 4 nitrogen and oxygen atoms in total. The van der Waals surface area contributed by atoms with Crippen LogP contribution in [0.1, 0.15) is 5.69 Å². The minimum atomic E-state index is -4.56. The van der Waals surface area contributed by atoms with Crippen LogP contribution in [0, 0.1) is 0 Å². The molecule has 0 bridgehead atoms. The highest BCUT2D eigenvalue weighted by Gasteiger charge is 2.33. The third-order valence-electron chi connectivity index (χ3n) is 1.42. The molecular weight excluding hydrogens is 189 g/mol. The Morgan fingerprint density at radius 3 is 2.54 bits per heavy atom. The summed E-state index contributed by atoms with van der Waals surface area (Å²) >= 11 is 0. The topological polar surface area (TPSA) is 58.0 Å². The molecule has 74 valence electrons. The predicted octanol–water partition coefficient (Wildman–Crippen LogP) is 0.188. The number of aliphatic hydroxyl groups excluding tert-OH is 1. The molecule has 0 fully saturated rings. The lowest BCUT2D eigenvalue weighted by molar-refractivity contribution is -0.141. The first kappa shape index (κ1) is 9.85. The Labute approximate surface area is 70.6 Å². The molecule has 0 atom stereocenters. The number of H-pyrrole nitrogens is 1. The van der Waals surface area contributed by atoms with Crippen LogP contribution in [-0.4, -0.2) is 21.5 Å². The molecule has 0 aliphatic heterocycles. The van der Waals surface area contributed by atoms with Crippen LogP contribution < -0.4 is 5.56 Å². The van der Waals surface area contributed by atoms with Crippen molar-refractivity contribution >= 4 is 0 Å². The van der Waals surface area contributed by atoms with Gasteiger partial charge < -0.3 is 5.11 Å². The van der Waals surface area contributed by atoms with E-state index in [0.29, 0.717) is 10.7 Å². The number of hydrogen-bond acceptors (Lipinski definition) is 2. The van der Waals surface area contributed by atoms with Gasteiger partial charge in [-0.25, -0.2) is 0 Å². The maximum absolute atomic E-state index is 12.0. The highest BCUT2D eigenvalue weighted by Crippen LogP contribution is 2.26. The van der Waals surface area contributed by atoms with Gasteiger partial charge in [0.15, 0.2) is 0 Å². The van der Waals surface area contributed by atoms with E-state index in [2.05, 4.69) is 0 Å². The maximum Gasteiger partial charge on any atom is 0.432 e. The molecule has 0 unspecified atom stereocenters. The summed E-state index contributed by atoms with van der Waals surface area (Å²) in [5.74, 6) is 0. The lowest BCUT2D eigenvalue weighted by Crippen LogP contribution is -2.17. The molecule has 1 rings (SSSR count). The Morgan fingerprint density at radius 2 is 2.15 bits per heavy atom. The second-order valence-corrected chi connectivity index (χ2v) is 2.38. The van der Waals surface area contributed by atoms with Crippen molar-refractivity contribution in [3.05, 3.63) is 22.1 Å². The van der Waals surface area contributed by atoms with E-state index >= 15 is 0 Å². The first-order chi connectivity index (χ1) is 5.95. The van der Waals surface area contributed by atoms with E-state index in [1.807, 2.05) is 5.10 Å². The van der Waals surface area contributed by atoms with Gasteiger partial charge in [0.25, 0.3) is 5.56 Å². The monoisotopic (exact) mass is 196 g/mol. The molecule has 7 heteroatoms. The summed E-state index contributed by atoms with van der Waals surface area (Å²) < 4.78 is 36.6. The molecule has 2 N–H and O–H groups in total. The standard InChI is InChI=1S/C6H7F3N2O2/c7-6(8,9)4-3-5(13)11(10-4)1-2-12/h3,10,12H,1-2H2. The molecule has 1 aromatic rings. The lowest BCUT2D eigenvalue weighted by atomic mass is 10.4. The number of rotatable bonds is 2. The summed E-state index contributed by atoms with van der Waals surface area (Å²) in [6.07, 6.45) is -4.56. The van der Waals surface area contributed by atoms with Gasteiger partial charge in [-0.2, -0.15) is 13.2 Å². The molecular formula is C6H7F3N2O2. The number of nitrogens with one attached hydrogen (secondary N) is 1. The molecule has 0 aromatic carbocycles. The number of aliphatic hydroxyl groups is 1. The first-order valence-corrected chi connectivity index (χ1v) is 3.43. The third-order valence-corrected chi connectivity index (χ3v) is 1.42. The molecule has 0 radical (unpaired) electrons. The summed E-state index contributed by atoms with van der Waals surface area (Å²) in [6, 6.07) is 0.454. The van der Waals surface area contributed by atoms with Crippen LogP contribution >= 0.6 is 0 Å². The van der Waals surface area contributed by atoms with Gasteiger partial charge in [-0.1, -0.05) is 0 Å². The van der Waals surface area contributed by atoms with Crippen LogP contribution in [0.4, 0.5) is 13.2 Å². The normalized spacial score (nSPS) is 12.0. The smallest absolute Gasteiger partial charge is 0.394 e. The third kappa shape index (κ3) is 2.11. The molecule has 0 aliphatic rings. The Hall–Kier alpha value is -1.24. The van der Waals surface area contributed by atoms with Gasteiger partial charge >= 0.3 is 6.18 Å². The van der Waals surface area contributed by atoms with Crippen molar-refractivity contribution in [3.8, 4) is 0 Å². The van der Waals surface area contributed by atoms with Gasteiger partial charge in [0.05, 0.1) is 13.2 Å². The van der Waals surface area contributed by atoms with Gasteiger partial charge in [-0.05, 0) is 0 Å². The van der Waals surface area contributed by atoms with Crippen LogP contribution in [-0.2, 0) is 12.7 Å². The zero-order chi connectivity index (χ0) is 10.1. The SMILES string of the molecule is O=c1cc(C(F)(F)F)[nH]n1CCO. The number of alkyl halides is 3. The number of hydrogen-bond donors (Lipinski definition) is 2. The number of aromatic amines is 1. The molecule has 0 saturated carbocycles. The van der Waals surface area contributed by atoms with Crippen LogP contribution in [0.5, 0.6) is 0 Å². The van der Waals surface area contributed by atoms with Crippen LogP contribution in [0.3, 0.4) is 0 Å².